The Kier molecular flexibility index (Phi) is 12.1. The molecule has 1 amide bonds. The Morgan fingerprint density at radius 2 is 2.04 bits per heavy atom. The summed E-state index contributed by atoms with van der Waals surface area (Å²) in [6.07, 6.45) is 1.03. The highest BCUT2D eigenvalue weighted by Crippen LogP contribution is 2.11. The van der Waals surface area contributed by atoms with Gasteiger partial charge >= 0.3 is 0 Å². The Bertz CT molecular complexity index is 511. The van der Waals surface area contributed by atoms with Crippen LogP contribution in [0.5, 0.6) is 0 Å². The van der Waals surface area contributed by atoms with Gasteiger partial charge in [0.1, 0.15) is 0 Å². The summed E-state index contributed by atoms with van der Waals surface area (Å²) in [4.78, 5) is 16.4. The summed E-state index contributed by atoms with van der Waals surface area (Å²) < 4.78 is 0.894. The first kappa shape index (κ1) is 22.2. The molecule has 3 N–H and O–H groups in total. The van der Waals surface area contributed by atoms with Crippen LogP contribution in [0, 0.1) is 0 Å². The van der Waals surface area contributed by atoms with E-state index >= 15 is 0 Å². The third-order valence-corrected chi connectivity index (χ3v) is 3.59. The molecule has 0 heterocycles. The molecule has 1 aromatic rings. The molecule has 0 aliphatic carbocycles. The van der Waals surface area contributed by atoms with Gasteiger partial charge in [0.15, 0.2) is 5.96 Å². The standard InChI is InChI=1S/C16H25BrN4O.HI/c1-4-12(3)21-16(18-5-2)20-10-9-19-15(22)13-7-6-8-14(17)11-13;/h6-8,11-12H,4-5,9-10H2,1-3H3,(H,19,22)(H2,18,20,21);1H. The molecule has 1 rings (SSSR count). The van der Waals surface area contributed by atoms with Crippen LogP contribution in [-0.4, -0.2) is 37.5 Å². The molecule has 0 saturated heterocycles. The van der Waals surface area contributed by atoms with Gasteiger partial charge < -0.3 is 16.0 Å². The van der Waals surface area contributed by atoms with Gasteiger partial charge in [-0.05, 0) is 38.5 Å². The van der Waals surface area contributed by atoms with Crippen molar-refractivity contribution in [3.05, 3.63) is 34.3 Å². The smallest absolute Gasteiger partial charge is 0.251 e. The maximum Gasteiger partial charge on any atom is 0.251 e. The minimum Gasteiger partial charge on any atom is -0.357 e. The van der Waals surface area contributed by atoms with Crippen molar-refractivity contribution in [3.8, 4) is 0 Å². The molecule has 7 heteroatoms. The van der Waals surface area contributed by atoms with E-state index in [-0.39, 0.29) is 29.9 Å². The van der Waals surface area contributed by atoms with Crippen molar-refractivity contribution >= 4 is 51.8 Å². The number of benzene rings is 1. The molecule has 23 heavy (non-hydrogen) atoms. The lowest BCUT2D eigenvalue weighted by molar-refractivity contribution is 0.0954. The van der Waals surface area contributed by atoms with Gasteiger partial charge in [0.2, 0.25) is 0 Å². The molecular weight excluding hydrogens is 471 g/mol. The van der Waals surface area contributed by atoms with Crippen molar-refractivity contribution in [3.63, 3.8) is 0 Å². The number of carbonyl (C=O) groups excluding carboxylic acids is 1. The van der Waals surface area contributed by atoms with E-state index in [1.807, 2.05) is 19.1 Å². The van der Waals surface area contributed by atoms with Gasteiger partial charge in [0, 0.05) is 29.2 Å². The first-order chi connectivity index (χ1) is 10.6. The summed E-state index contributed by atoms with van der Waals surface area (Å²) in [6.45, 7) is 8.12. The van der Waals surface area contributed by atoms with E-state index in [9.17, 15) is 4.79 Å². The summed E-state index contributed by atoms with van der Waals surface area (Å²) in [5, 5.41) is 9.38. The molecule has 0 fully saturated rings. The second-order valence-electron chi connectivity index (χ2n) is 4.98. The topological polar surface area (TPSA) is 65.5 Å². The number of carbonyl (C=O) groups is 1. The van der Waals surface area contributed by atoms with E-state index in [4.69, 9.17) is 0 Å². The molecule has 1 aromatic carbocycles. The van der Waals surface area contributed by atoms with E-state index in [0.29, 0.717) is 24.7 Å². The van der Waals surface area contributed by atoms with Gasteiger partial charge in [-0.3, -0.25) is 9.79 Å². The number of aliphatic imine (C=N–C) groups is 1. The van der Waals surface area contributed by atoms with Crippen molar-refractivity contribution in [1.82, 2.24) is 16.0 Å². The Labute approximate surface area is 164 Å². The summed E-state index contributed by atoms with van der Waals surface area (Å²) in [7, 11) is 0. The fourth-order valence-electron chi connectivity index (χ4n) is 1.72. The van der Waals surface area contributed by atoms with Crippen molar-refractivity contribution in [2.24, 2.45) is 4.99 Å². The minimum absolute atomic E-state index is 0. The van der Waals surface area contributed by atoms with Gasteiger partial charge in [0.25, 0.3) is 5.91 Å². The molecule has 0 spiro atoms. The molecule has 0 bridgehead atoms. The largest absolute Gasteiger partial charge is 0.357 e. The predicted octanol–water partition coefficient (Wildman–Crippen LogP) is 3.15. The molecular formula is C16H26BrIN4O. The highest BCUT2D eigenvalue weighted by Gasteiger charge is 2.05. The van der Waals surface area contributed by atoms with Crippen LogP contribution >= 0.6 is 39.9 Å². The van der Waals surface area contributed by atoms with E-state index in [0.717, 1.165) is 23.4 Å². The van der Waals surface area contributed by atoms with Crippen molar-refractivity contribution in [1.29, 1.82) is 0 Å². The maximum absolute atomic E-state index is 12.0. The summed E-state index contributed by atoms with van der Waals surface area (Å²) >= 11 is 3.36. The van der Waals surface area contributed by atoms with Crippen molar-refractivity contribution in [2.75, 3.05) is 19.6 Å². The molecule has 0 aliphatic heterocycles. The van der Waals surface area contributed by atoms with E-state index < -0.39 is 0 Å². The molecule has 0 aliphatic rings. The minimum atomic E-state index is -0.0867. The van der Waals surface area contributed by atoms with Gasteiger partial charge in [-0.25, -0.2) is 0 Å². The number of rotatable bonds is 7. The lowest BCUT2D eigenvalue weighted by atomic mass is 10.2. The average molecular weight is 497 g/mol. The van der Waals surface area contributed by atoms with Crippen LogP contribution < -0.4 is 16.0 Å². The van der Waals surface area contributed by atoms with Crippen LogP contribution in [0.1, 0.15) is 37.6 Å². The zero-order chi connectivity index (χ0) is 16.4. The van der Waals surface area contributed by atoms with Crippen LogP contribution in [-0.2, 0) is 0 Å². The summed E-state index contributed by atoms with van der Waals surface area (Å²) in [6, 6.07) is 7.69. The third-order valence-electron chi connectivity index (χ3n) is 3.09. The molecule has 0 saturated carbocycles. The van der Waals surface area contributed by atoms with Gasteiger partial charge in [0.05, 0.1) is 6.54 Å². The first-order valence-corrected chi connectivity index (χ1v) is 8.44. The van der Waals surface area contributed by atoms with Crippen LogP contribution in [0.15, 0.2) is 33.7 Å². The van der Waals surface area contributed by atoms with E-state index in [1.54, 1.807) is 12.1 Å². The number of hydrogen-bond donors (Lipinski definition) is 3. The SMILES string of the molecule is CCNC(=NCCNC(=O)c1cccc(Br)c1)NC(C)CC.I. The molecule has 0 aromatic heterocycles. The highest BCUT2D eigenvalue weighted by atomic mass is 127. The Morgan fingerprint density at radius 1 is 1.30 bits per heavy atom. The Hall–Kier alpha value is -0.830. The molecule has 1 atom stereocenters. The maximum atomic E-state index is 12.0. The van der Waals surface area contributed by atoms with Crippen LogP contribution in [0.3, 0.4) is 0 Å². The summed E-state index contributed by atoms with van der Waals surface area (Å²) in [5.41, 5.74) is 0.642. The van der Waals surface area contributed by atoms with Crippen molar-refractivity contribution in [2.45, 2.75) is 33.2 Å². The lowest BCUT2D eigenvalue weighted by Gasteiger charge is -2.16. The fourth-order valence-corrected chi connectivity index (χ4v) is 2.12. The third kappa shape index (κ3) is 9.14. The molecule has 5 nitrogen and oxygen atoms in total. The van der Waals surface area contributed by atoms with Gasteiger partial charge in [-0.2, -0.15) is 0 Å². The predicted molar refractivity (Wildman–Crippen MR) is 111 cm³/mol. The Morgan fingerprint density at radius 3 is 2.65 bits per heavy atom. The molecule has 130 valence electrons. The normalized spacial score (nSPS) is 12.1. The first-order valence-electron chi connectivity index (χ1n) is 7.65. The second kappa shape index (κ2) is 12.6. The number of nitrogens with one attached hydrogen (secondary N) is 3. The zero-order valence-corrected chi connectivity index (χ0v) is 17.8. The highest BCUT2D eigenvalue weighted by molar-refractivity contribution is 14.0. The quantitative estimate of drug-likeness (QED) is 0.235. The summed E-state index contributed by atoms with van der Waals surface area (Å²) in [5.74, 6) is 0.699. The number of guanidine groups is 1. The molecule has 1 unspecified atom stereocenters. The van der Waals surface area contributed by atoms with Gasteiger partial charge in [-0.15, -0.1) is 24.0 Å². The van der Waals surface area contributed by atoms with Gasteiger partial charge in [-0.1, -0.05) is 28.9 Å². The molecule has 0 radical (unpaired) electrons. The van der Waals surface area contributed by atoms with Crippen molar-refractivity contribution < 1.29 is 4.79 Å². The van der Waals surface area contributed by atoms with E-state index in [2.05, 4.69) is 50.7 Å². The monoisotopic (exact) mass is 496 g/mol. The van der Waals surface area contributed by atoms with Crippen LogP contribution in [0.4, 0.5) is 0 Å². The number of nitrogens with zero attached hydrogens (tertiary/aromatic N) is 1. The number of hydrogen-bond acceptors (Lipinski definition) is 2. The average Bonchev–Trinajstić information content (AvgIpc) is 2.51. The van der Waals surface area contributed by atoms with E-state index in [1.165, 1.54) is 0 Å². The number of halogens is 2. The van der Waals surface area contributed by atoms with Crippen LogP contribution in [0.2, 0.25) is 0 Å². The Balaban J connectivity index is 0.00000484. The lowest BCUT2D eigenvalue weighted by Crippen LogP contribution is -2.42. The van der Waals surface area contributed by atoms with Crippen LogP contribution in [0.25, 0.3) is 0 Å². The second-order valence-corrected chi connectivity index (χ2v) is 5.90. The fraction of sp³-hybridized carbons (Fsp3) is 0.500. The number of amides is 1. The zero-order valence-electron chi connectivity index (χ0n) is 13.9.